The molecule has 1 aliphatic rings. The molecule has 2 unspecified atom stereocenters. The van der Waals surface area contributed by atoms with E-state index in [0.29, 0.717) is 5.96 Å². The van der Waals surface area contributed by atoms with Crippen molar-refractivity contribution in [3.05, 3.63) is 60.2 Å². The molecule has 1 saturated carbocycles. The number of para-hydroxylation sites is 2. The fourth-order valence-corrected chi connectivity index (χ4v) is 2.81. The van der Waals surface area contributed by atoms with E-state index >= 15 is 0 Å². The van der Waals surface area contributed by atoms with E-state index in [4.69, 9.17) is 10.5 Å². The first-order chi connectivity index (χ1) is 10.6. The van der Waals surface area contributed by atoms with Gasteiger partial charge in [0.1, 0.15) is 5.75 Å². The maximum absolute atomic E-state index is 6.02. The summed E-state index contributed by atoms with van der Waals surface area (Å²) in [5.74, 6) is 1.37. The molecule has 2 atom stereocenters. The van der Waals surface area contributed by atoms with E-state index < -0.39 is 0 Å². The maximum Gasteiger partial charge on any atom is 0.193 e. The number of ether oxygens (including phenoxy) is 1. The zero-order valence-corrected chi connectivity index (χ0v) is 15.7. The number of methoxy groups -OCH3 is 1. The number of aliphatic imine (C=N–C) groups is 1. The van der Waals surface area contributed by atoms with Gasteiger partial charge in [0.05, 0.1) is 13.2 Å². The summed E-state index contributed by atoms with van der Waals surface area (Å²) in [6.45, 7) is 2.20. The van der Waals surface area contributed by atoms with Gasteiger partial charge in [-0.1, -0.05) is 43.3 Å². The summed E-state index contributed by atoms with van der Waals surface area (Å²) in [5, 5.41) is 3.13. The molecule has 5 heteroatoms. The minimum absolute atomic E-state index is 0. The Morgan fingerprint density at radius 1 is 1.17 bits per heavy atom. The van der Waals surface area contributed by atoms with Crippen molar-refractivity contribution in [1.29, 1.82) is 0 Å². The van der Waals surface area contributed by atoms with Crippen LogP contribution in [0.25, 0.3) is 0 Å². The fraction of sp³-hybridized carbons (Fsp3) is 0.278. The predicted octanol–water partition coefficient (Wildman–Crippen LogP) is 3.77. The van der Waals surface area contributed by atoms with E-state index in [9.17, 15) is 0 Å². The van der Waals surface area contributed by atoms with Crippen LogP contribution in [0.5, 0.6) is 5.75 Å². The molecule has 0 heterocycles. The molecule has 1 aliphatic carbocycles. The van der Waals surface area contributed by atoms with E-state index in [-0.39, 0.29) is 35.4 Å². The van der Waals surface area contributed by atoms with E-state index in [0.717, 1.165) is 17.9 Å². The van der Waals surface area contributed by atoms with Gasteiger partial charge in [0.2, 0.25) is 0 Å². The largest absolute Gasteiger partial charge is 0.496 e. The van der Waals surface area contributed by atoms with Crippen LogP contribution in [0.2, 0.25) is 0 Å². The van der Waals surface area contributed by atoms with Gasteiger partial charge in [-0.2, -0.15) is 0 Å². The zero-order chi connectivity index (χ0) is 15.6. The van der Waals surface area contributed by atoms with Gasteiger partial charge in [-0.15, -0.1) is 24.0 Å². The van der Waals surface area contributed by atoms with Gasteiger partial charge < -0.3 is 15.8 Å². The second kappa shape index (κ2) is 7.21. The summed E-state index contributed by atoms with van der Waals surface area (Å²) >= 11 is 0. The van der Waals surface area contributed by atoms with Crippen molar-refractivity contribution in [2.45, 2.75) is 24.8 Å². The number of hydrogen-bond acceptors (Lipinski definition) is 2. The molecule has 122 valence electrons. The Kier molecular flexibility index (Phi) is 5.51. The third-order valence-electron chi connectivity index (χ3n) is 4.26. The normalized spacial score (nSPS) is 22.9. The molecule has 0 aromatic heterocycles. The van der Waals surface area contributed by atoms with Crippen LogP contribution in [0.4, 0.5) is 5.69 Å². The summed E-state index contributed by atoms with van der Waals surface area (Å²) in [6.07, 6.45) is 0.977. The highest BCUT2D eigenvalue weighted by Gasteiger charge is 2.53. The molecule has 0 spiro atoms. The Balaban J connectivity index is 0.00000192. The lowest BCUT2D eigenvalue weighted by Gasteiger charge is -2.15. The Morgan fingerprint density at radius 3 is 2.52 bits per heavy atom. The molecule has 1 fully saturated rings. The molecule has 0 bridgehead atoms. The lowest BCUT2D eigenvalue weighted by atomic mass is 9.96. The average molecular weight is 423 g/mol. The Labute approximate surface area is 154 Å². The molecule has 23 heavy (non-hydrogen) atoms. The van der Waals surface area contributed by atoms with E-state index in [1.54, 1.807) is 7.11 Å². The molecule has 2 aromatic rings. The summed E-state index contributed by atoms with van der Waals surface area (Å²) in [5.41, 5.74) is 8.16. The third kappa shape index (κ3) is 3.77. The van der Waals surface area contributed by atoms with Crippen molar-refractivity contribution in [2.75, 3.05) is 12.4 Å². The number of nitrogens with zero attached hydrogens (tertiary/aromatic N) is 1. The van der Waals surface area contributed by atoms with Crippen LogP contribution in [-0.4, -0.2) is 19.1 Å². The number of nitrogens with two attached hydrogens (primary N) is 1. The van der Waals surface area contributed by atoms with Crippen LogP contribution < -0.4 is 15.8 Å². The Hall–Kier alpha value is -1.76. The molecule has 3 rings (SSSR count). The number of halogens is 1. The van der Waals surface area contributed by atoms with Crippen LogP contribution in [-0.2, 0) is 5.41 Å². The second-order valence-electron chi connectivity index (χ2n) is 5.84. The Morgan fingerprint density at radius 2 is 1.83 bits per heavy atom. The topological polar surface area (TPSA) is 59.6 Å². The summed E-state index contributed by atoms with van der Waals surface area (Å²) in [6, 6.07) is 18.1. The van der Waals surface area contributed by atoms with Crippen LogP contribution >= 0.6 is 24.0 Å². The molecule has 0 amide bonds. The van der Waals surface area contributed by atoms with Crippen molar-refractivity contribution in [3.8, 4) is 5.75 Å². The molecule has 2 aromatic carbocycles. The second-order valence-corrected chi connectivity index (χ2v) is 5.84. The van der Waals surface area contributed by atoms with E-state index in [1.165, 1.54) is 5.56 Å². The first-order valence-corrected chi connectivity index (χ1v) is 7.42. The average Bonchev–Trinajstić information content (AvgIpc) is 3.19. The van der Waals surface area contributed by atoms with Gasteiger partial charge in [-0.25, -0.2) is 4.99 Å². The number of guanidine groups is 1. The molecule has 3 N–H and O–H groups in total. The van der Waals surface area contributed by atoms with Crippen LogP contribution in [0.15, 0.2) is 59.6 Å². The minimum atomic E-state index is -0.00437. The standard InChI is InChI=1S/C18H21N3O.HI/c1-18(14-10-6-7-11-15(14)22-2)12-16(18)21-17(19)20-13-8-4-3-5-9-13;/h3-11,16H,12H2,1-2H3,(H3,19,20,21);1H. The van der Waals surface area contributed by atoms with Crippen LogP contribution in [0.3, 0.4) is 0 Å². The molecule has 0 saturated heterocycles. The number of anilines is 1. The molecule has 0 radical (unpaired) electrons. The number of rotatable bonds is 4. The predicted molar refractivity (Wildman–Crippen MR) is 106 cm³/mol. The first-order valence-electron chi connectivity index (χ1n) is 7.42. The maximum atomic E-state index is 6.02. The van der Waals surface area contributed by atoms with Gasteiger partial charge in [0, 0.05) is 16.7 Å². The lowest BCUT2D eigenvalue weighted by molar-refractivity contribution is 0.405. The van der Waals surface area contributed by atoms with Crippen LogP contribution in [0.1, 0.15) is 18.9 Å². The molecular weight excluding hydrogens is 401 g/mol. The smallest absolute Gasteiger partial charge is 0.193 e. The third-order valence-corrected chi connectivity index (χ3v) is 4.26. The summed E-state index contributed by atoms with van der Waals surface area (Å²) in [4.78, 5) is 4.62. The Bertz CT molecular complexity index is 690. The van der Waals surface area contributed by atoms with Gasteiger partial charge in [-0.3, -0.25) is 0 Å². The number of benzene rings is 2. The fourth-order valence-electron chi connectivity index (χ4n) is 2.81. The highest BCUT2D eigenvalue weighted by Crippen LogP contribution is 2.52. The van der Waals surface area contributed by atoms with Crippen molar-refractivity contribution in [1.82, 2.24) is 0 Å². The van der Waals surface area contributed by atoms with Gasteiger partial charge in [0.25, 0.3) is 0 Å². The monoisotopic (exact) mass is 423 g/mol. The van der Waals surface area contributed by atoms with E-state index in [2.05, 4.69) is 23.3 Å². The van der Waals surface area contributed by atoms with Crippen molar-refractivity contribution in [2.24, 2.45) is 10.7 Å². The SMILES string of the molecule is COc1ccccc1C1(C)CC1N=C(N)Nc1ccccc1.I. The molecule has 4 nitrogen and oxygen atoms in total. The van der Waals surface area contributed by atoms with Gasteiger partial charge >= 0.3 is 0 Å². The van der Waals surface area contributed by atoms with E-state index in [1.807, 2.05) is 48.5 Å². The summed E-state index contributed by atoms with van der Waals surface area (Å²) < 4.78 is 5.47. The molecular formula is C18H22IN3O. The molecule has 0 aliphatic heterocycles. The number of hydrogen-bond donors (Lipinski definition) is 2. The van der Waals surface area contributed by atoms with Gasteiger partial charge in [-0.05, 0) is 24.6 Å². The highest BCUT2D eigenvalue weighted by molar-refractivity contribution is 14.0. The van der Waals surface area contributed by atoms with Crippen molar-refractivity contribution >= 4 is 35.6 Å². The van der Waals surface area contributed by atoms with Crippen LogP contribution in [0, 0.1) is 0 Å². The zero-order valence-electron chi connectivity index (χ0n) is 13.3. The van der Waals surface area contributed by atoms with Gasteiger partial charge in [0.15, 0.2) is 5.96 Å². The quantitative estimate of drug-likeness (QED) is 0.447. The lowest BCUT2D eigenvalue weighted by Crippen LogP contribution is -2.24. The first kappa shape index (κ1) is 17.6. The number of nitrogens with one attached hydrogen (secondary N) is 1. The van der Waals surface area contributed by atoms with Crippen molar-refractivity contribution in [3.63, 3.8) is 0 Å². The minimum Gasteiger partial charge on any atom is -0.496 e. The van der Waals surface area contributed by atoms with Crippen molar-refractivity contribution < 1.29 is 4.74 Å². The summed E-state index contributed by atoms with van der Waals surface area (Å²) in [7, 11) is 1.70. The highest BCUT2D eigenvalue weighted by atomic mass is 127.